The number of Topliss-reactive ketones (excluding diaryl/α,β-unsaturated/α-hetero) is 1. The number of benzene rings is 1. The molecule has 0 aliphatic rings. The molecule has 2 nitrogen and oxygen atoms in total. The minimum atomic E-state index is 0.245. The van der Waals surface area contributed by atoms with Crippen molar-refractivity contribution in [3.63, 3.8) is 0 Å². The van der Waals surface area contributed by atoms with E-state index in [1.54, 1.807) is 11.3 Å². The van der Waals surface area contributed by atoms with Crippen molar-refractivity contribution in [3.8, 4) is 0 Å². The van der Waals surface area contributed by atoms with Gasteiger partial charge in [-0.1, -0.05) is 18.2 Å². The molecule has 0 saturated carbocycles. The van der Waals surface area contributed by atoms with Gasteiger partial charge >= 0.3 is 0 Å². The van der Waals surface area contributed by atoms with Crippen molar-refractivity contribution in [1.82, 2.24) is 4.90 Å². The monoisotopic (exact) mass is 233 g/mol. The van der Waals surface area contributed by atoms with Crippen LogP contribution in [0.25, 0.3) is 10.1 Å². The summed E-state index contributed by atoms with van der Waals surface area (Å²) in [6.45, 7) is 0.813. The van der Waals surface area contributed by atoms with Crippen molar-refractivity contribution in [2.45, 2.75) is 6.42 Å². The minimum absolute atomic E-state index is 0.245. The van der Waals surface area contributed by atoms with Crippen molar-refractivity contribution in [2.75, 3.05) is 20.6 Å². The molecule has 1 aromatic carbocycles. The number of nitrogens with zero attached hydrogens (tertiary/aromatic N) is 1. The Bertz CT molecular complexity index is 468. The first kappa shape index (κ1) is 11.3. The number of hydrogen-bond donors (Lipinski definition) is 0. The summed E-state index contributed by atoms with van der Waals surface area (Å²) < 4.78 is 1.19. The van der Waals surface area contributed by atoms with E-state index in [1.807, 2.05) is 37.2 Å². The van der Waals surface area contributed by atoms with Gasteiger partial charge in [0.15, 0.2) is 5.78 Å². The number of carbonyl (C=O) groups excluding carboxylic acids is 1. The van der Waals surface area contributed by atoms with Crippen LogP contribution >= 0.6 is 11.3 Å². The molecule has 0 radical (unpaired) electrons. The fourth-order valence-electron chi connectivity index (χ4n) is 1.57. The van der Waals surface area contributed by atoms with E-state index in [1.165, 1.54) is 10.1 Å². The third-order valence-electron chi connectivity index (χ3n) is 2.49. The maximum atomic E-state index is 11.9. The zero-order valence-corrected chi connectivity index (χ0v) is 10.4. The molecule has 0 N–H and O–H groups in total. The van der Waals surface area contributed by atoms with E-state index in [-0.39, 0.29) is 5.78 Å². The molecule has 0 amide bonds. The Morgan fingerprint density at radius 2 is 2.06 bits per heavy atom. The molecule has 0 aliphatic carbocycles. The number of fused-ring (bicyclic) bond motifs is 1. The fraction of sp³-hybridized carbons (Fsp3) is 0.308. The molecular weight excluding hydrogens is 218 g/mol. The van der Waals surface area contributed by atoms with Crippen LogP contribution < -0.4 is 0 Å². The van der Waals surface area contributed by atoms with Crippen molar-refractivity contribution < 1.29 is 4.79 Å². The Labute approximate surface area is 99.5 Å². The first-order valence-electron chi connectivity index (χ1n) is 5.33. The minimum Gasteiger partial charge on any atom is -0.309 e. The van der Waals surface area contributed by atoms with Crippen LogP contribution in [0.4, 0.5) is 0 Å². The van der Waals surface area contributed by atoms with Crippen molar-refractivity contribution in [1.29, 1.82) is 0 Å². The lowest BCUT2D eigenvalue weighted by Gasteiger charge is -2.06. The SMILES string of the molecule is CN(C)CCC(=O)c1cc2ccccc2s1. The standard InChI is InChI=1S/C13H15NOS/c1-14(2)8-7-11(15)13-9-10-5-3-4-6-12(10)16-13/h3-6,9H,7-8H2,1-2H3. The Morgan fingerprint density at radius 3 is 2.75 bits per heavy atom. The Hall–Kier alpha value is -1.19. The van der Waals surface area contributed by atoms with Gasteiger partial charge in [0.05, 0.1) is 4.88 Å². The van der Waals surface area contributed by atoms with E-state index >= 15 is 0 Å². The zero-order valence-electron chi connectivity index (χ0n) is 9.56. The fourth-order valence-corrected chi connectivity index (χ4v) is 2.60. The topological polar surface area (TPSA) is 20.3 Å². The van der Waals surface area contributed by atoms with E-state index in [0.717, 1.165) is 11.4 Å². The Kier molecular flexibility index (Phi) is 3.36. The first-order valence-corrected chi connectivity index (χ1v) is 6.15. The molecule has 0 bridgehead atoms. The number of ketones is 1. The number of hydrogen-bond acceptors (Lipinski definition) is 3. The molecule has 2 aromatic rings. The average Bonchev–Trinajstić information content (AvgIpc) is 2.69. The lowest BCUT2D eigenvalue weighted by molar-refractivity contribution is 0.0976. The molecule has 0 aliphatic heterocycles. The van der Waals surface area contributed by atoms with Gasteiger partial charge in [-0.15, -0.1) is 11.3 Å². The average molecular weight is 233 g/mol. The molecule has 0 spiro atoms. The van der Waals surface area contributed by atoms with E-state index in [9.17, 15) is 4.79 Å². The second kappa shape index (κ2) is 4.76. The summed E-state index contributed by atoms with van der Waals surface area (Å²) in [6, 6.07) is 10.1. The molecule has 0 atom stereocenters. The quantitative estimate of drug-likeness (QED) is 0.756. The molecule has 16 heavy (non-hydrogen) atoms. The van der Waals surface area contributed by atoms with Crippen molar-refractivity contribution in [3.05, 3.63) is 35.2 Å². The summed E-state index contributed by atoms with van der Waals surface area (Å²) >= 11 is 1.59. The van der Waals surface area contributed by atoms with Crippen LogP contribution in [0.3, 0.4) is 0 Å². The largest absolute Gasteiger partial charge is 0.309 e. The summed E-state index contributed by atoms with van der Waals surface area (Å²) in [5.41, 5.74) is 0. The van der Waals surface area contributed by atoms with Crippen LogP contribution in [0.5, 0.6) is 0 Å². The van der Waals surface area contributed by atoms with Gasteiger partial charge in [-0.25, -0.2) is 0 Å². The Morgan fingerprint density at radius 1 is 1.31 bits per heavy atom. The Balaban J connectivity index is 2.17. The number of thiophene rings is 1. The predicted molar refractivity (Wildman–Crippen MR) is 69.3 cm³/mol. The highest BCUT2D eigenvalue weighted by atomic mass is 32.1. The van der Waals surface area contributed by atoms with E-state index in [2.05, 4.69) is 12.1 Å². The maximum Gasteiger partial charge on any atom is 0.174 e. The molecule has 0 fully saturated rings. The van der Waals surface area contributed by atoms with Crippen LogP contribution in [0.2, 0.25) is 0 Å². The summed E-state index contributed by atoms with van der Waals surface area (Å²) in [7, 11) is 3.97. The number of carbonyl (C=O) groups is 1. The van der Waals surface area contributed by atoms with Gasteiger partial charge in [-0.05, 0) is 31.6 Å². The third kappa shape index (κ3) is 2.49. The lowest BCUT2D eigenvalue weighted by atomic mass is 10.2. The van der Waals surface area contributed by atoms with Gasteiger partial charge in [0.2, 0.25) is 0 Å². The highest BCUT2D eigenvalue weighted by Crippen LogP contribution is 2.26. The lowest BCUT2D eigenvalue weighted by Crippen LogP contribution is -2.16. The summed E-state index contributed by atoms with van der Waals surface area (Å²) in [4.78, 5) is 14.8. The predicted octanol–water partition coefficient (Wildman–Crippen LogP) is 3.04. The first-order chi connectivity index (χ1) is 7.66. The smallest absolute Gasteiger partial charge is 0.174 e. The van der Waals surface area contributed by atoms with Gasteiger partial charge < -0.3 is 4.90 Å². The van der Waals surface area contributed by atoms with Gasteiger partial charge in [0, 0.05) is 17.7 Å². The van der Waals surface area contributed by atoms with Gasteiger partial charge in [0.1, 0.15) is 0 Å². The highest BCUT2D eigenvalue weighted by molar-refractivity contribution is 7.20. The molecule has 1 aromatic heterocycles. The van der Waals surface area contributed by atoms with Crippen LogP contribution in [-0.2, 0) is 0 Å². The maximum absolute atomic E-state index is 11.9. The third-order valence-corrected chi connectivity index (χ3v) is 3.64. The zero-order chi connectivity index (χ0) is 11.5. The summed E-state index contributed by atoms with van der Waals surface area (Å²) in [6.07, 6.45) is 0.597. The summed E-state index contributed by atoms with van der Waals surface area (Å²) in [5, 5.41) is 1.17. The van der Waals surface area contributed by atoms with E-state index in [0.29, 0.717) is 6.42 Å². The van der Waals surface area contributed by atoms with Crippen LogP contribution in [-0.4, -0.2) is 31.3 Å². The second-order valence-electron chi connectivity index (χ2n) is 4.12. The highest BCUT2D eigenvalue weighted by Gasteiger charge is 2.09. The van der Waals surface area contributed by atoms with Crippen LogP contribution in [0.1, 0.15) is 16.1 Å². The molecule has 1 heterocycles. The van der Waals surface area contributed by atoms with E-state index < -0.39 is 0 Å². The normalized spacial score (nSPS) is 11.2. The molecule has 3 heteroatoms. The molecule has 2 rings (SSSR count). The molecule has 84 valence electrons. The molecule has 0 saturated heterocycles. The van der Waals surface area contributed by atoms with Gasteiger partial charge in [0.25, 0.3) is 0 Å². The van der Waals surface area contributed by atoms with Gasteiger partial charge in [-0.2, -0.15) is 0 Å². The molecular formula is C13H15NOS. The van der Waals surface area contributed by atoms with Crippen LogP contribution in [0.15, 0.2) is 30.3 Å². The summed E-state index contributed by atoms with van der Waals surface area (Å²) in [5.74, 6) is 0.245. The molecule has 0 unspecified atom stereocenters. The van der Waals surface area contributed by atoms with Crippen molar-refractivity contribution >= 4 is 27.2 Å². The second-order valence-corrected chi connectivity index (χ2v) is 5.21. The van der Waals surface area contributed by atoms with Crippen LogP contribution in [0, 0.1) is 0 Å². The van der Waals surface area contributed by atoms with Crippen molar-refractivity contribution in [2.24, 2.45) is 0 Å². The van der Waals surface area contributed by atoms with Gasteiger partial charge in [-0.3, -0.25) is 4.79 Å². The number of rotatable bonds is 4. The van der Waals surface area contributed by atoms with E-state index in [4.69, 9.17) is 0 Å².